The minimum absolute atomic E-state index is 0.00112. The molecule has 11 nitrogen and oxygen atoms in total. The van der Waals surface area contributed by atoms with E-state index in [1.807, 2.05) is 0 Å². The third-order valence-corrected chi connectivity index (χ3v) is 10.5. The Hall–Kier alpha value is -4.89. The van der Waals surface area contributed by atoms with Crippen LogP contribution in [0.1, 0.15) is 92.9 Å². The molecule has 18 radical (unpaired) electrons. The summed E-state index contributed by atoms with van der Waals surface area (Å²) in [5.41, 5.74) is -0.892. The van der Waals surface area contributed by atoms with Gasteiger partial charge in [-0.15, -0.1) is 0 Å². The first-order chi connectivity index (χ1) is 29.2. The van der Waals surface area contributed by atoms with Crippen molar-refractivity contribution in [2.24, 2.45) is 0 Å². The fraction of sp³-hybridized carbons (Fsp3) is 0.282. The number of halogens is 2. The lowest BCUT2D eigenvalue weighted by atomic mass is 9.83. The average Bonchev–Trinajstić information content (AvgIpc) is 3.25. The van der Waals surface area contributed by atoms with Crippen LogP contribution >= 0.6 is 0 Å². The Morgan fingerprint density at radius 2 is 0.935 bits per heavy atom. The molecule has 62 heavy (non-hydrogen) atoms. The van der Waals surface area contributed by atoms with E-state index in [2.05, 4.69) is 0 Å². The van der Waals surface area contributed by atoms with E-state index in [-0.39, 0.29) is 95.5 Å². The summed E-state index contributed by atoms with van der Waals surface area (Å²) < 4.78 is 83.4. The summed E-state index contributed by atoms with van der Waals surface area (Å²) in [5.74, 6) is -6.83. The summed E-state index contributed by atoms with van der Waals surface area (Å²) >= 11 is 0. The number of carbonyl (C=O) groups is 4. The molecule has 0 spiro atoms. The van der Waals surface area contributed by atoms with Crippen molar-refractivity contribution in [1.82, 2.24) is 0 Å². The third kappa shape index (κ3) is 10.8. The molecule has 1 atom stereocenters. The lowest BCUT2D eigenvalue weighted by Crippen LogP contribution is -2.42. The van der Waals surface area contributed by atoms with Gasteiger partial charge in [-0.3, -0.25) is 4.55 Å². The Labute approximate surface area is 370 Å². The monoisotopic (exact) mass is 842 g/mol. The van der Waals surface area contributed by atoms with E-state index in [0.29, 0.717) is 41.3 Å². The number of hydrogen-bond donors (Lipinski definition) is 1. The fourth-order valence-electron chi connectivity index (χ4n) is 6.13. The Morgan fingerprint density at radius 3 is 1.37 bits per heavy atom. The van der Waals surface area contributed by atoms with Crippen LogP contribution in [0.3, 0.4) is 0 Å². The van der Waals surface area contributed by atoms with Gasteiger partial charge in [0.1, 0.15) is 25.1 Å². The van der Waals surface area contributed by atoms with Gasteiger partial charge in [-0.25, -0.2) is 19.2 Å². The molecule has 0 fully saturated rings. The van der Waals surface area contributed by atoms with Gasteiger partial charge >= 0.3 is 39.2 Å². The zero-order valence-corrected chi connectivity index (χ0v) is 34.1. The third-order valence-electron chi connectivity index (χ3n) is 9.46. The molecule has 1 N–H and O–H groups in total. The van der Waals surface area contributed by atoms with Crippen molar-refractivity contribution in [3.63, 3.8) is 0 Å². The molecule has 4 rings (SSSR count). The summed E-state index contributed by atoms with van der Waals surface area (Å²) in [7, 11) is 47.0. The molecular weight excluding hydrogens is 812 g/mol. The van der Waals surface area contributed by atoms with Crippen LogP contribution in [0.5, 0.6) is 17.2 Å². The molecule has 0 amide bonds. The molecule has 0 aliphatic heterocycles. The number of esters is 4. The Kier molecular flexibility index (Phi) is 16.8. The van der Waals surface area contributed by atoms with Gasteiger partial charge in [0.25, 0.3) is 0 Å². The number of ether oxygens (including phenoxy) is 4. The van der Waals surface area contributed by atoms with Crippen LogP contribution in [0, 0.1) is 0 Å². The number of hydrogen-bond acceptors (Lipinski definition) is 10. The zero-order chi connectivity index (χ0) is 46.3. The molecule has 0 bridgehead atoms. The fourth-order valence-corrected chi connectivity index (χ4v) is 6.60. The molecule has 4 aromatic carbocycles. The Balaban J connectivity index is 2.04. The molecule has 1 unspecified atom stereocenters. The van der Waals surface area contributed by atoms with E-state index < -0.39 is 67.6 Å². The van der Waals surface area contributed by atoms with Gasteiger partial charge < -0.3 is 18.9 Å². The first kappa shape index (κ1) is 49.8. The second kappa shape index (κ2) is 21.0. The van der Waals surface area contributed by atoms with Crippen LogP contribution in [-0.4, -0.2) is 119 Å². The predicted octanol–water partition coefficient (Wildman–Crippen LogP) is 1.51. The topological polar surface area (TPSA) is 160 Å². The summed E-state index contributed by atoms with van der Waals surface area (Å²) in [6.07, 6.45) is -3.79. The van der Waals surface area contributed by atoms with E-state index in [0.717, 1.165) is 0 Å². The smallest absolute Gasteiger partial charge is 0.405 e. The van der Waals surface area contributed by atoms with Crippen LogP contribution in [0.4, 0.5) is 8.78 Å². The van der Waals surface area contributed by atoms with Crippen molar-refractivity contribution < 1.29 is 59.9 Å². The normalized spacial score (nSPS) is 12.0. The van der Waals surface area contributed by atoms with Crippen LogP contribution in [0.15, 0.2) is 48.5 Å². The highest BCUT2D eigenvalue weighted by Crippen LogP contribution is 2.33. The number of carbonyl (C=O) groups excluding carboxylic acids is 4. The zero-order valence-electron chi connectivity index (χ0n) is 33.2. The molecule has 0 aliphatic rings. The molecule has 23 heteroatoms. The van der Waals surface area contributed by atoms with Gasteiger partial charge in [-0.05, 0) is 47.4 Å². The van der Waals surface area contributed by atoms with E-state index in [4.69, 9.17) is 89.6 Å². The summed E-state index contributed by atoms with van der Waals surface area (Å²) in [6.45, 7) is 0.423. The van der Waals surface area contributed by atoms with Crippen molar-refractivity contribution in [3.8, 4) is 17.2 Å². The van der Waals surface area contributed by atoms with Crippen molar-refractivity contribution >= 4 is 110 Å². The summed E-state index contributed by atoms with van der Waals surface area (Å²) in [4.78, 5) is 56.6. The quantitative estimate of drug-likeness (QED) is 0.0671. The van der Waals surface area contributed by atoms with Gasteiger partial charge in [0, 0.05) is 0 Å². The van der Waals surface area contributed by atoms with Crippen molar-refractivity contribution in [1.29, 1.82) is 0 Å². The van der Waals surface area contributed by atoms with Crippen LogP contribution in [-0.2, 0) is 65.4 Å². The maximum atomic E-state index is 14.7. The minimum atomic E-state index is -6.18. The van der Waals surface area contributed by atoms with Gasteiger partial charge in [-0.1, -0.05) is 109 Å². The molecule has 0 heterocycles. The van der Waals surface area contributed by atoms with Crippen LogP contribution in [0.25, 0.3) is 0 Å². The lowest BCUT2D eigenvalue weighted by Gasteiger charge is -2.22. The number of alkyl halides is 2. The van der Waals surface area contributed by atoms with E-state index in [1.165, 1.54) is 36.4 Å². The molecule has 298 valence electrons. The molecule has 0 aromatic heterocycles. The van der Waals surface area contributed by atoms with E-state index in [9.17, 15) is 40.9 Å². The predicted molar refractivity (Wildman–Crippen MR) is 233 cm³/mol. The molecule has 0 saturated carbocycles. The first-order valence-corrected chi connectivity index (χ1v) is 19.9. The molecule has 0 aliphatic carbocycles. The number of rotatable bonds is 18. The largest absolute Gasteiger partial charge is 0.451 e. The van der Waals surface area contributed by atoms with E-state index in [1.54, 1.807) is 0 Å². The van der Waals surface area contributed by atoms with Gasteiger partial charge in [0.15, 0.2) is 6.10 Å². The lowest BCUT2D eigenvalue weighted by molar-refractivity contribution is -0.0550. The maximum Gasteiger partial charge on any atom is 0.405 e. The second-order valence-electron chi connectivity index (χ2n) is 13.5. The Morgan fingerprint density at radius 1 is 0.548 bits per heavy atom. The highest BCUT2D eigenvalue weighted by molar-refractivity contribution is 7.86. The maximum absolute atomic E-state index is 14.7. The van der Waals surface area contributed by atoms with Crippen LogP contribution in [0.2, 0.25) is 0 Å². The second-order valence-corrected chi connectivity index (χ2v) is 15.0. The molecular formula is C39H29B9F2O11S. The highest BCUT2D eigenvalue weighted by Gasteiger charge is 2.52. The van der Waals surface area contributed by atoms with Gasteiger partial charge in [-0.2, -0.15) is 17.2 Å². The Bertz CT molecular complexity index is 2480. The van der Waals surface area contributed by atoms with Crippen molar-refractivity contribution in [3.05, 3.63) is 115 Å². The van der Waals surface area contributed by atoms with E-state index >= 15 is 0 Å². The number of benzene rings is 4. The summed E-state index contributed by atoms with van der Waals surface area (Å²) in [5, 5.41) is -5.08. The highest BCUT2D eigenvalue weighted by atomic mass is 32.2. The SMILES string of the molecule is [B]Cc1cc([B])c(OC(=O)c2cc(C(=O)Oc3cc(C[B])c(C[B])cc3C[B])c(C(=O)Oc3c(C[B])cc(C[B])cc3C[B])cc2C(=O)OC(C)C(F)(F)S(=O)(=O)O)c(C[B])c1. The van der Waals surface area contributed by atoms with Crippen LogP contribution < -0.4 is 19.7 Å². The average molecular weight is 841 g/mol. The van der Waals surface area contributed by atoms with Crippen molar-refractivity contribution in [2.75, 3.05) is 0 Å². The van der Waals surface area contributed by atoms with Crippen molar-refractivity contribution in [2.45, 2.75) is 68.8 Å². The standard InChI is InChI=1S/C39H29B9F2O11S/c1-18(39(49,50)62(55,56)57)58-35(51)27-8-30(37(53)60-33-24(15-45)2-19(10-40)3-25(33)16-46)28(36(52)59-32-7-22(13-43)21(12-42)6-23(32)14-44)9-29(27)38(54)61-34-26(17-47)4-20(11-41)5-31(34)48/h2-9,18H,10-17H2,1H3,(H,55,56,57). The van der Waals surface area contributed by atoms with Gasteiger partial charge in [0.2, 0.25) is 0 Å². The molecule has 4 aromatic rings. The van der Waals surface area contributed by atoms with Gasteiger partial charge in [0.05, 0.1) is 85.0 Å². The molecule has 0 saturated heterocycles. The minimum Gasteiger partial charge on any atom is -0.451 e. The summed E-state index contributed by atoms with van der Waals surface area (Å²) in [6, 6.07) is 9.96. The first-order valence-electron chi connectivity index (χ1n) is 18.4.